The molecule has 1 aliphatic rings. The lowest BCUT2D eigenvalue weighted by atomic mass is 10.2. The molecule has 0 aliphatic heterocycles. The van der Waals surface area contributed by atoms with Gasteiger partial charge >= 0.3 is 0 Å². The third-order valence-electron chi connectivity index (χ3n) is 3.27. The topological polar surface area (TPSA) is 33.1 Å². The van der Waals surface area contributed by atoms with Crippen LogP contribution in [0.2, 0.25) is 0 Å². The first-order valence-corrected chi connectivity index (χ1v) is 6.12. The SMILES string of the molecule is CCN(c1c(CNC)c(C)nn1C)C1CC1. The van der Waals surface area contributed by atoms with Gasteiger partial charge in [-0.15, -0.1) is 0 Å². The monoisotopic (exact) mass is 222 g/mol. The normalized spacial score (nSPS) is 15.5. The van der Waals surface area contributed by atoms with Gasteiger partial charge in [0, 0.05) is 31.7 Å². The fraction of sp³-hybridized carbons (Fsp3) is 0.750. The Hall–Kier alpha value is -1.03. The first kappa shape index (κ1) is 11.5. The number of anilines is 1. The highest BCUT2D eigenvalue weighted by Gasteiger charge is 2.31. The van der Waals surface area contributed by atoms with Crippen LogP contribution in [0.4, 0.5) is 5.82 Å². The van der Waals surface area contributed by atoms with E-state index < -0.39 is 0 Å². The maximum Gasteiger partial charge on any atom is 0.131 e. The maximum atomic E-state index is 4.54. The minimum Gasteiger partial charge on any atom is -0.354 e. The van der Waals surface area contributed by atoms with E-state index in [1.54, 1.807) is 0 Å². The van der Waals surface area contributed by atoms with Crippen molar-refractivity contribution in [2.45, 2.75) is 39.3 Å². The third kappa shape index (κ3) is 1.94. The van der Waals surface area contributed by atoms with E-state index >= 15 is 0 Å². The second-order valence-electron chi connectivity index (χ2n) is 4.56. The molecule has 1 fully saturated rings. The van der Waals surface area contributed by atoms with Crippen LogP contribution >= 0.6 is 0 Å². The Morgan fingerprint density at radius 2 is 2.19 bits per heavy atom. The van der Waals surface area contributed by atoms with E-state index in [0.29, 0.717) is 0 Å². The van der Waals surface area contributed by atoms with E-state index in [2.05, 4.69) is 29.2 Å². The summed E-state index contributed by atoms with van der Waals surface area (Å²) in [6.45, 7) is 6.29. The highest BCUT2D eigenvalue weighted by atomic mass is 15.4. The standard InChI is InChI=1S/C12H22N4/c1-5-16(10-6-7-10)12-11(8-13-3)9(2)14-15(12)4/h10,13H,5-8H2,1-4H3. The van der Waals surface area contributed by atoms with Gasteiger partial charge in [-0.25, -0.2) is 0 Å². The van der Waals surface area contributed by atoms with Gasteiger partial charge in [0.05, 0.1) is 5.69 Å². The number of rotatable bonds is 5. The number of aromatic nitrogens is 2. The molecule has 4 heteroatoms. The van der Waals surface area contributed by atoms with Crippen molar-refractivity contribution in [3.63, 3.8) is 0 Å². The zero-order chi connectivity index (χ0) is 11.7. The van der Waals surface area contributed by atoms with Crippen LogP contribution in [0.1, 0.15) is 31.0 Å². The highest BCUT2D eigenvalue weighted by molar-refractivity contribution is 5.52. The van der Waals surface area contributed by atoms with Crippen LogP contribution in [-0.2, 0) is 13.6 Å². The summed E-state index contributed by atoms with van der Waals surface area (Å²) in [6.07, 6.45) is 2.66. The molecule has 0 saturated heterocycles. The summed E-state index contributed by atoms with van der Waals surface area (Å²) in [7, 11) is 4.04. The largest absolute Gasteiger partial charge is 0.354 e. The number of hydrogen-bond donors (Lipinski definition) is 1. The van der Waals surface area contributed by atoms with Crippen LogP contribution in [0.25, 0.3) is 0 Å². The Morgan fingerprint density at radius 3 is 2.69 bits per heavy atom. The van der Waals surface area contributed by atoms with Gasteiger partial charge in [0.25, 0.3) is 0 Å². The van der Waals surface area contributed by atoms with Gasteiger partial charge in [0.1, 0.15) is 5.82 Å². The molecule has 4 nitrogen and oxygen atoms in total. The van der Waals surface area contributed by atoms with Crippen LogP contribution in [0.15, 0.2) is 0 Å². The molecule has 1 aromatic rings. The molecule has 0 radical (unpaired) electrons. The molecule has 1 heterocycles. The molecule has 1 aromatic heterocycles. The van der Waals surface area contributed by atoms with Crippen LogP contribution in [0, 0.1) is 6.92 Å². The lowest BCUT2D eigenvalue weighted by Crippen LogP contribution is -2.28. The Balaban J connectivity index is 2.35. The lowest BCUT2D eigenvalue weighted by molar-refractivity contribution is 0.699. The fourth-order valence-corrected chi connectivity index (χ4v) is 2.40. The Bertz CT molecular complexity index is 365. The molecular formula is C12H22N4. The average molecular weight is 222 g/mol. The van der Waals surface area contributed by atoms with Crippen molar-refractivity contribution in [1.29, 1.82) is 0 Å². The molecule has 0 bridgehead atoms. The quantitative estimate of drug-likeness (QED) is 0.818. The zero-order valence-corrected chi connectivity index (χ0v) is 10.7. The number of nitrogens with one attached hydrogen (secondary N) is 1. The van der Waals surface area contributed by atoms with Gasteiger partial charge < -0.3 is 10.2 Å². The van der Waals surface area contributed by atoms with Gasteiger partial charge in [-0.1, -0.05) is 0 Å². The first-order chi connectivity index (χ1) is 7.69. The van der Waals surface area contributed by atoms with Crippen LogP contribution < -0.4 is 10.2 Å². The predicted molar refractivity (Wildman–Crippen MR) is 66.8 cm³/mol. The Morgan fingerprint density at radius 1 is 1.50 bits per heavy atom. The summed E-state index contributed by atoms with van der Waals surface area (Å²) < 4.78 is 2.03. The number of hydrogen-bond acceptors (Lipinski definition) is 3. The summed E-state index contributed by atoms with van der Waals surface area (Å²) in [5.74, 6) is 1.30. The van der Waals surface area contributed by atoms with Crippen molar-refractivity contribution in [2.24, 2.45) is 7.05 Å². The van der Waals surface area contributed by atoms with Gasteiger partial charge in [-0.05, 0) is 33.7 Å². The first-order valence-electron chi connectivity index (χ1n) is 6.12. The molecule has 2 rings (SSSR count). The van der Waals surface area contributed by atoms with E-state index in [9.17, 15) is 0 Å². The van der Waals surface area contributed by atoms with Gasteiger partial charge in [0.2, 0.25) is 0 Å². The lowest BCUT2D eigenvalue weighted by Gasteiger charge is -2.24. The minimum atomic E-state index is 0.746. The summed E-state index contributed by atoms with van der Waals surface area (Å²) in [5, 5.41) is 7.78. The number of nitrogens with zero attached hydrogens (tertiary/aromatic N) is 3. The van der Waals surface area contributed by atoms with Crippen LogP contribution in [0.5, 0.6) is 0 Å². The summed E-state index contributed by atoms with van der Waals surface area (Å²) in [6, 6.07) is 0.746. The second kappa shape index (κ2) is 4.45. The van der Waals surface area contributed by atoms with Crippen molar-refractivity contribution in [1.82, 2.24) is 15.1 Å². The molecule has 1 saturated carbocycles. The maximum absolute atomic E-state index is 4.54. The smallest absolute Gasteiger partial charge is 0.131 e. The van der Waals surface area contributed by atoms with Gasteiger partial charge in [-0.3, -0.25) is 4.68 Å². The van der Waals surface area contributed by atoms with E-state index in [1.165, 1.54) is 24.2 Å². The van der Waals surface area contributed by atoms with Crippen molar-refractivity contribution in [3.05, 3.63) is 11.3 Å². The molecular weight excluding hydrogens is 200 g/mol. The summed E-state index contributed by atoms with van der Waals surface area (Å²) in [4.78, 5) is 2.49. The molecule has 16 heavy (non-hydrogen) atoms. The predicted octanol–water partition coefficient (Wildman–Crippen LogP) is 1.44. The van der Waals surface area contributed by atoms with Crippen LogP contribution in [0.3, 0.4) is 0 Å². The molecule has 1 N–H and O–H groups in total. The van der Waals surface area contributed by atoms with Gasteiger partial charge in [-0.2, -0.15) is 5.10 Å². The fourth-order valence-electron chi connectivity index (χ4n) is 2.40. The highest BCUT2D eigenvalue weighted by Crippen LogP contribution is 2.34. The molecule has 0 unspecified atom stereocenters. The van der Waals surface area contributed by atoms with Crippen molar-refractivity contribution >= 4 is 5.82 Å². The summed E-state index contributed by atoms with van der Waals surface area (Å²) >= 11 is 0. The molecule has 0 aromatic carbocycles. The zero-order valence-electron chi connectivity index (χ0n) is 10.7. The Kier molecular flexibility index (Phi) is 3.19. The Labute approximate surface area is 97.6 Å². The van der Waals surface area contributed by atoms with Crippen molar-refractivity contribution in [2.75, 3.05) is 18.5 Å². The van der Waals surface area contributed by atoms with E-state index in [0.717, 1.165) is 24.8 Å². The molecule has 0 atom stereocenters. The summed E-state index contributed by atoms with van der Waals surface area (Å²) in [5.41, 5.74) is 2.49. The number of aryl methyl sites for hydroxylation is 2. The van der Waals surface area contributed by atoms with Crippen LogP contribution in [-0.4, -0.2) is 29.4 Å². The van der Waals surface area contributed by atoms with Crippen molar-refractivity contribution in [3.8, 4) is 0 Å². The van der Waals surface area contributed by atoms with Gasteiger partial charge in [0.15, 0.2) is 0 Å². The third-order valence-corrected chi connectivity index (χ3v) is 3.27. The molecule has 90 valence electrons. The minimum absolute atomic E-state index is 0.746. The molecule has 0 amide bonds. The molecule has 1 aliphatic carbocycles. The van der Waals surface area contributed by atoms with E-state index in [1.807, 2.05) is 18.8 Å². The van der Waals surface area contributed by atoms with Crippen molar-refractivity contribution < 1.29 is 0 Å². The van der Waals surface area contributed by atoms with E-state index in [4.69, 9.17) is 0 Å². The molecule has 0 spiro atoms. The van der Waals surface area contributed by atoms with E-state index in [-0.39, 0.29) is 0 Å². The average Bonchev–Trinajstić information content (AvgIpc) is 3.02. The second-order valence-corrected chi connectivity index (χ2v) is 4.56.